The topological polar surface area (TPSA) is 39.9 Å². The summed E-state index contributed by atoms with van der Waals surface area (Å²) in [5.41, 5.74) is 7.17. The Morgan fingerprint density at radius 3 is 2.21 bits per heavy atom. The summed E-state index contributed by atoms with van der Waals surface area (Å²) in [5, 5.41) is 2.41. The first-order chi connectivity index (χ1) is 26.2. The summed E-state index contributed by atoms with van der Waals surface area (Å²) in [4.78, 5) is 9.75. The second-order valence-corrected chi connectivity index (χ2v) is 29.3. The average Bonchev–Trinajstić information content (AvgIpc) is 3.53. The molecule has 5 heteroatoms. The molecule has 0 radical (unpaired) electrons. The molecule has 6 aromatic rings. The third-order valence-corrected chi connectivity index (χ3v) is 19.8. The van der Waals surface area contributed by atoms with Crippen molar-refractivity contribution in [1.82, 2.24) is 14.5 Å². The summed E-state index contributed by atoms with van der Waals surface area (Å²) in [5.74, 6) is 10.3. The van der Waals surface area contributed by atoms with E-state index in [2.05, 4.69) is 101 Å². The van der Waals surface area contributed by atoms with Gasteiger partial charge in [0.25, 0.3) is 0 Å². The van der Waals surface area contributed by atoms with Gasteiger partial charge >= 0.3 is 181 Å². The second-order valence-electron chi connectivity index (χ2n) is 17.6. The van der Waals surface area contributed by atoms with Gasteiger partial charge in [0, 0.05) is 13.1 Å². The van der Waals surface area contributed by atoms with Crippen LogP contribution in [0.4, 0.5) is 0 Å². The smallest absolute Gasteiger partial charge is 0.00988 e. The third-order valence-electron chi connectivity index (χ3n) is 13.4. The van der Waals surface area contributed by atoms with Gasteiger partial charge in [0.05, 0.1) is 5.69 Å². The van der Waals surface area contributed by atoms with E-state index >= 15 is 0 Å². The maximum Gasteiger partial charge on any atom is -0.00988 e. The van der Waals surface area contributed by atoms with Crippen LogP contribution in [-0.4, -0.2) is 27.8 Å². The van der Waals surface area contributed by atoms with E-state index in [1.807, 2.05) is 24.5 Å². The van der Waals surface area contributed by atoms with Gasteiger partial charge in [0.15, 0.2) is 0 Å². The van der Waals surface area contributed by atoms with Gasteiger partial charge in [-0.05, 0) is 79.7 Å². The Hall–Kier alpha value is -3.90. The van der Waals surface area contributed by atoms with Gasteiger partial charge in [-0.15, -0.1) is 0 Å². The van der Waals surface area contributed by atoms with Crippen molar-refractivity contribution in [3.8, 4) is 28.6 Å². The number of hydrogen-bond acceptors (Lipinski definition) is 3. The van der Waals surface area contributed by atoms with E-state index in [0.717, 1.165) is 62.8 Å². The van der Waals surface area contributed by atoms with Gasteiger partial charge in [-0.1, -0.05) is 31.4 Å². The zero-order valence-corrected chi connectivity index (χ0v) is 34.0. The van der Waals surface area contributed by atoms with Crippen LogP contribution in [-0.2, 0) is 0 Å². The molecule has 3 aromatic carbocycles. The Balaban J connectivity index is 0.986. The maximum atomic E-state index is 9.53. The number of nitrogens with zero attached hydrogens (tertiary/aromatic N) is 3. The molecule has 272 valence electrons. The predicted octanol–water partition coefficient (Wildman–Crippen LogP) is 14.0. The summed E-state index contributed by atoms with van der Waals surface area (Å²) < 4.78 is 19.5. The van der Waals surface area contributed by atoms with Crippen LogP contribution in [0.5, 0.6) is 11.5 Å². The number of pyridine rings is 2. The minimum atomic E-state index is -1.63. The van der Waals surface area contributed by atoms with Crippen LogP contribution >= 0.6 is 0 Å². The summed E-state index contributed by atoms with van der Waals surface area (Å²) in [6.07, 6.45) is 20.3. The summed E-state index contributed by atoms with van der Waals surface area (Å²) >= 11 is -1.63. The van der Waals surface area contributed by atoms with E-state index in [1.54, 1.807) is 0 Å². The predicted molar refractivity (Wildman–Crippen MR) is 223 cm³/mol. The number of hydrogen-bond donors (Lipinski definition) is 0. The molecule has 9 rings (SSSR count). The monoisotopic (exact) mass is 764 g/mol. The Kier molecular flexibility index (Phi) is 9.14. The number of para-hydroxylation sites is 1. The van der Waals surface area contributed by atoms with E-state index in [4.69, 9.17) is 14.7 Å². The van der Waals surface area contributed by atoms with Crippen molar-refractivity contribution in [2.75, 3.05) is 0 Å². The molecule has 4 nitrogen and oxygen atoms in total. The molecule has 3 fully saturated rings. The first-order valence-corrected chi connectivity index (χ1v) is 27.9. The van der Waals surface area contributed by atoms with Gasteiger partial charge < -0.3 is 0 Å². The van der Waals surface area contributed by atoms with Crippen LogP contribution in [0.15, 0.2) is 103 Å². The van der Waals surface area contributed by atoms with Crippen molar-refractivity contribution in [2.45, 2.75) is 117 Å². The standard InChI is InChI=1S/C48H55GeN3O/c1-49(2,3)39-16-14-34(15-17-39)37-23-29-51-47(32-37)52-45-13-6-5-12-42(45)43-19-18-41(33-46(43)52)53-40-11-9-10-38(30-40)44-31-36(22-28-50-44)35-20-26-48(27-21-35)24-7-4-8-25-48/h5-6,9-13,18-19,22-23,28-35,39H,4,7-8,14-17,20-21,24-27H2,1-3H3/i35D. The molecule has 0 saturated heterocycles. The summed E-state index contributed by atoms with van der Waals surface area (Å²) in [6, 6.07) is 32.2. The van der Waals surface area contributed by atoms with Gasteiger partial charge in [-0.3, -0.25) is 4.98 Å². The number of ether oxygens (including phenoxy) is 1. The molecule has 3 aliphatic carbocycles. The van der Waals surface area contributed by atoms with Crippen molar-refractivity contribution < 1.29 is 6.11 Å². The Labute approximate surface area is 320 Å². The molecule has 3 aliphatic rings. The first kappa shape index (κ1) is 33.7. The van der Waals surface area contributed by atoms with Crippen molar-refractivity contribution in [3.05, 3.63) is 115 Å². The number of rotatable bonds is 7. The van der Waals surface area contributed by atoms with Crippen molar-refractivity contribution in [2.24, 2.45) is 5.41 Å². The van der Waals surface area contributed by atoms with Gasteiger partial charge in [-0.2, -0.15) is 0 Å². The zero-order chi connectivity index (χ0) is 36.9. The molecule has 0 amide bonds. The summed E-state index contributed by atoms with van der Waals surface area (Å²) in [6.45, 7) is 0. The third kappa shape index (κ3) is 7.09. The van der Waals surface area contributed by atoms with E-state index in [0.29, 0.717) is 11.3 Å². The molecule has 3 aromatic heterocycles. The van der Waals surface area contributed by atoms with Crippen molar-refractivity contribution in [3.63, 3.8) is 0 Å². The van der Waals surface area contributed by atoms with Crippen LogP contribution in [0.2, 0.25) is 22.0 Å². The largest absolute Gasteiger partial charge is 0.0533 e. The minimum Gasteiger partial charge on any atom is -0.0533 e. The fraction of sp³-hybridized carbons (Fsp3) is 0.417. The molecule has 3 heterocycles. The average molecular weight is 764 g/mol. The van der Waals surface area contributed by atoms with Crippen molar-refractivity contribution in [1.29, 1.82) is 0 Å². The fourth-order valence-corrected chi connectivity index (χ4v) is 14.5. The van der Waals surface area contributed by atoms with Crippen LogP contribution in [0.1, 0.15) is 108 Å². The van der Waals surface area contributed by atoms with Crippen LogP contribution in [0.3, 0.4) is 0 Å². The van der Waals surface area contributed by atoms with Crippen molar-refractivity contribution >= 4 is 35.1 Å². The van der Waals surface area contributed by atoms with E-state index < -0.39 is 19.2 Å². The number of benzene rings is 3. The minimum absolute atomic E-state index is 0.495. The molecule has 1 spiro atoms. The molecular weight excluding hydrogens is 707 g/mol. The van der Waals surface area contributed by atoms with Crippen LogP contribution < -0.4 is 4.74 Å². The van der Waals surface area contributed by atoms with Gasteiger partial charge in [-0.25, -0.2) is 0 Å². The van der Waals surface area contributed by atoms with Crippen LogP contribution in [0.25, 0.3) is 38.9 Å². The molecule has 0 N–H and O–H groups in total. The molecule has 53 heavy (non-hydrogen) atoms. The van der Waals surface area contributed by atoms with Crippen LogP contribution in [0, 0.1) is 5.41 Å². The molecule has 0 aliphatic heterocycles. The van der Waals surface area contributed by atoms with E-state index in [9.17, 15) is 1.37 Å². The number of fused-ring (bicyclic) bond motifs is 3. The molecule has 3 saturated carbocycles. The zero-order valence-electron chi connectivity index (χ0n) is 32.9. The maximum absolute atomic E-state index is 9.53. The normalized spacial score (nSPS) is 21.8. The molecule has 0 unspecified atom stereocenters. The summed E-state index contributed by atoms with van der Waals surface area (Å²) in [7, 11) is 0. The van der Waals surface area contributed by atoms with Gasteiger partial charge in [0.1, 0.15) is 5.75 Å². The second kappa shape index (κ2) is 14.4. The Morgan fingerprint density at radius 1 is 0.660 bits per heavy atom. The SMILES string of the molecule is [2H]C1(c2ccnc(-c3cccc(Oc4ccc5c6ccccc6n(-c6cc(C7CC[CH]([Ge]([CH3])([CH3])[CH3])CC7)ccn6)c5c4)c3)c2)CCC2(CCCCC2)CC1. The molecule has 0 atom stereocenters. The Morgan fingerprint density at radius 2 is 1.40 bits per heavy atom. The number of aromatic nitrogens is 3. The van der Waals surface area contributed by atoms with Gasteiger partial charge in [0.2, 0.25) is 0 Å². The fourth-order valence-electron chi connectivity index (χ4n) is 10.2. The Bertz CT molecular complexity index is 2280. The quantitative estimate of drug-likeness (QED) is 0.152. The van der Waals surface area contributed by atoms with E-state index in [-0.39, 0.29) is 0 Å². The molecule has 0 bridgehead atoms. The van der Waals surface area contributed by atoms with E-state index in [1.165, 1.54) is 87.0 Å². The first-order valence-electron chi connectivity index (χ1n) is 20.9. The molecular formula is C48H55GeN3O.